The average molecular weight is 464 g/mol. The summed E-state index contributed by atoms with van der Waals surface area (Å²) in [5.41, 5.74) is 5.67. The smallest absolute Gasteiger partial charge is 0.410 e. The molecule has 35 heavy (non-hydrogen) atoms. The minimum atomic E-state index is -0.279. The molecule has 1 aromatic heterocycles. The number of piperidine rings is 1. The minimum absolute atomic E-state index is 0.00505. The summed E-state index contributed by atoms with van der Waals surface area (Å²) in [4.78, 5) is 32.3. The molecule has 6 nitrogen and oxygen atoms in total. The third kappa shape index (κ3) is 3.68. The van der Waals surface area contributed by atoms with E-state index in [0.29, 0.717) is 30.6 Å². The lowest BCUT2D eigenvalue weighted by Gasteiger charge is -2.37. The zero-order valence-electron chi connectivity index (χ0n) is 19.3. The van der Waals surface area contributed by atoms with Gasteiger partial charge in [-0.1, -0.05) is 48.5 Å². The molecule has 2 unspecified atom stereocenters. The van der Waals surface area contributed by atoms with Gasteiger partial charge in [0.15, 0.2) is 5.78 Å². The van der Waals surface area contributed by atoms with Crippen molar-refractivity contribution in [2.45, 2.75) is 43.7 Å². The predicted octanol–water partition coefficient (Wildman–Crippen LogP) is 5.33. The summed E-state index contributed by atoms with van der Waals surface area (Å²) >= 11 is 0. The number of fused-ring (bicyclic) bond motifs is 5. The van der Waals surface area contributed by atoms with Crippen molar-refractivity contribution in [3.05, 3.63) is 89.2 Å². The second-order valence-corrected chi connectivity index (χ2v) is 9.70. The molecule has 1 amide bonds. The van der Waals surface area contributed by atoms with Gasteiger partial charge in [0, 0.05) is 41.9 Å². The fourth-order valence-electron chi connectivity index (χ4n) is 6.23. The quantitative estimate of drug-likeness (QED) is 0.489. The first-order chi connectivity index (χ1) is 17.1. The van der Waals surface area contributed by atoms with Gasteiger partial charge in [-0.25, -0.2) is 4.79 Å². The SMILES string of the molecule is N#Cc1cncc(C(=O)C2CC3CCC(C2)N3C(=O)OCC2c3ccccc3-c3ccccc32)c1. The number of aromatic nitrogens is 1. The Morgan fingerprint density at radius 2 is 1.60 bits per heavy atom. The lowest BCUT2D eigenvalue weighted by Crippen LogP contribution is -2.48. The van der Waals surface area contributed by atoms with E-state index in [0.717, 1.165) is 12.8 Å². The molecule has 2 aliphatic heterocycles. The molecule has 3 aromatic rings. The molecule has 1 aliphatic carbocycles. The zero-order valence-corrected chi connectivity index (χ0v) is 19.3. The maximum absolute atomic E-state index is 13.2. The molecule has 2 atom stereocenters. The maximum atomic E-state index is 13.2. The largest absolute Gasteiger partial charge is 0.448 e. The monoisotopic (exact) mass is 463 g/mol. The number of ether oxygens (including phenoxy) is 1. The van der Waals surface area contributed by atoms with Crippen molar-refractivity contribution in [3.8, 4) is 17.2 Å². The lowest BCUT2D eigenvalue weighted by atomic mass is 9.85. The number of hydrogen-bond donors (Lipinski definition) is 0. The van der Waals surface area contributed by atoms with E-state index >= 15 is 0 Å². The van der Waals surface area contributed by atoms with E-state index < -0.39 is 0 Å². The summed E-state index contributed by atoms with van der Waals surface area (Å²) in [5, 5.41) is 9.12. The van der Waals surface area contributed by atoms with Gasteiger partial charge in [0.25, 0.3) is 0 Å². The molecule has 3 aliphatic rings. The van der Waals surface area contributed by atoms with Crippen LogP contribution in [0.25, 0.3) is 11.1 Å². The fourth-order valence-corrected chi connectivity index (χ4v) is 6.23. The summed E-state index contributed by atoms with van der Waals surface area (Å²) < 4.78 is 5.93. The molecule has 3 heterocycles. The average Bonchev–Trinajstić information content (AvgIpc) is 3.37. The Morgan fingerprint density at radius 3 is 2.23 bits per heavy atom. The maximum Gasteiger partial charge on any atom is 0.410 e. The number of nitrogens with zero attached hydrogens (tertiary/aromatic N) is 3. The normalized spacial score (nSPS) is 22.3. The number of hydrogen-bond acceptors (Lipinski definition) is 5. The number of amides is 1. The summed E-state index contributed by atoms with van der Waals surface area (Å²) in [5.74, 6) is -0.123. The number of ketones is 1. The van der Waals surface area contributed by atoms with Crippen LogP contribution in [-0.4, -0.2) is 40.5 Å². The molecule has 0 radical (unpaired) electrons. The molecule has 2 saturated heterocycles. The zero-order chi connectivity index (χ0) is 23.9. The van der Waals surface area contributed by atoms with Crippen molar-refractivity contribution >= 4 is 11.9 Å². The highest BCUT2D eigenvalue weighted by atomic mass is 16.6. The Morgan fingerprint density at radius 1 is 0.971 bits per heavy atom. The van der Waals surface area contributed by atoms with Crippen molar-refractivity contribution < 1.29 is 14.3 Å². The van der Waals surface area contributed by atoms with Crippen molar-refractivity contribution in [1.82, 2.24) is 9.88 Å². The van der Waals surface area contributed by atoms with Crippen LogP contribution in [0.5, 0.6) is 0 Å². The van der Waals surface area contributed by atoms with Gasteiger partial charge in [-0.15, -0.1) is 0 Å². The Kier molecular flexibility index (Phi) is 5.33. The van der Waals surface area contributed by atoms with E-state index in [4.69, 9.17) is 10.00 Å². The highest BCUT2D eigenvalue weighted by Crippen LogP contribution is 2.45. The van der Waals surface area contributed by atoms with Gasteiger partial charge in [0.05, 0.1) is 5.56 Å². The van der Waals surface area contributed by atoms with Crippen LogP contribution in [0.3, 0.4) is 0 Å². The molecule has 2 bridgehead atoms. The van der Waals surface area contributed by atoms with E-state index in [-0.39, 0.29) is 35.8 Å². The van der Waals surface area contributed by atoms with Crippen molar-refractivity contribution in [2.75, 3.05) is 6.61 Å². The molecule has 6 rings (SSSR count). The van der Waals surface area contributed by atoms with E-state index in [1.807, 2.05) is 35.2 Å². The van der Waals surface area contributed by atoms with Gasteiger partial charge in [-0.2, -0.15) is 5.26 Å². The molecule has 2 aromatic carbocycles. The first-order valence-electron chi connectivity index (χ1n) is 12.2. The molecule has 2 fully saturated rings. The van der Waals surface area contributed by atoms with Crippen LogP contribution in [0.2, 0.25) is 0 Å². The van der Waals surface area contributed by atoms with Crippen molar-refractivity contribution in [2.24, 2.45) is 5.92 Å². The number of benzene rings is 2. The Balaban J connectivity index is 1.14. The van der Waals surface area contributed by atoms with Gasteiger partial charge in [0.2, 0.25) is 0 Å². The van der Waals surface area contributed by atoms with E-state index in [1.54, 1.807) is 6.07 Å². The first-order valence-corrected chi connectivity index (χ1v) is 12.2. The van der Waals surface area contributed by atoms with Crippen LogP contribution in [0, 0.1) is 17.2 Å². The Hall–Kier alpha value is -3.98. The number of pyridine rings is 1. The van der Waals surface area contributed by atoms with Crippen LogP contribution < -0.4 is 0 Å². The summed E-state index contributed by atoms with van der Waals surface area (Å²) in [6, 6.07) is 20.3. The molecule has 0 N–H and O–H groups in total. The molecular weight excluding hydrogens is 438 g/mol. The fraction of sp³-hybridized carbons (Fsp3) is 0.310. The van der Waals surface area contributed by atoms with Gasteiger partial charge in [-0.05, 0) is 54.0 Å². The van der Waals surface area contributed by atoms with Gasteiger partial charge in [0.1, 0.15) is 12.7 Å². The van der Waals surface area contributed by atoms with Gasteiger partial charge in [-0.3, -0.25) is 9.78 Å². The number of carbonyl (C=O) groups excluding carboxylic acids is 2. The van der Waals surface area contributed by atoms with Crippen molar-refractivity contribution in [3.63, 3.8) is 0 Å². The predicted molar refractivity (Wildman–Crippen MR) is 130 cm³/mol. The second-order valence-electron chi connectivity index (χ2n) is 9.70. The summed E-state index contributed by atoms with van der Waals surface area (Å²) in [6.07, 6.45) is 5.72. The number of nitriles is 1. The lowest BCUT2D eigenvalue weighted by molar-refractivity contribution is 0.0506. The topological polar surface area (TPSA) is 83.3 Å². The third-order valence-electron chi connectivity index (χ3n) is 7.80. The highest BCUT2D eigenvalue weighted by Gasteiger charge is 2.46. The van der Waals surface area contributed by atoms with E-state index in [9.17, 15) is 9.59 Å². The van der Waals surface area contributed by atoms with Crippen LogP contribution in [-0.2, 0) is 4.74 Å². The highest BCUT2D eigenvalue weighted by molar-refractivity contribution is 5.98. The number of Topliss-reactive ketones (excluding diaryl/α,β-unsaturated/α-hetero) is 1. The number of rotatable bonds is 4. The second kappa shape index (κ2) is 8.66. The summed E-state index contributed by atoms with van der Waals surface area (Å²) in [6.45, 7) is 0.303. The van der Waals surface area contributed by atoms with Gasteiger partial charge < -0.3 is 9.64 Å². The van der Waals surface area contributed by atoms with Crippen LogP contribution in [0.15, 0.2) is 67.0 Å². The van der Waals surface area contributed by atoms with Crippen LogP contribution >= 0.6 is 0 Å². The minimum Gasteiger partial charge on any atom is -0.448 e. The molecule has 174 valence electrons. The van der Waals surface area contributed by atoms with E-state index in [1.165, 1.54) is 34.6 Å². The first kappa shape index (κ1) is 21.5. The van der Waals surface area contributed by atoms with E-state index in [2.05, 4.69) is 29.2 Å². The van der Waals surface area contributed by atoms with Gasteiger partial charge >= 0.3 is 6.09 Å². The Labute approximate surface area is 204 Å². The molecular formula is C29H25N3O3. The third-order valence-corrected chi connectivity index (χ3v) is 7.80. The van der Waals surface area contributed by atoms with Crippen molar-refractivity contribution in [1.29, 1.82) is 5.26 Å². The molecule has 6 heteroatoms. The summed E-state index contributed by atoms with van der Waals surface area (Å²) in [7, 11) is 0. The van der Waals surface area contributed by atoms with Crippen LogP contribution in [0.1, 0.15) is 58.6 Å². The molecule has 0 saturated carbocycles. The molecule has 0 spiro atoms. The van der Waals surface area contributed by atoms with Crippen LogP contribution in [0.4, 0.5) is 4.79 Å². The Bertz CT molecular complexity index is 1300. The standard InChI is InChI=1S/C29H25N3O3/c30-14-18-11-20(16-31-15-18)28(33)19-12-21-9-10-22(13-19)32(21)29(34)35-17-27-25-7-3-1-5-23(25)24-6-2-4-8-26(24)27/h1-8,11,15-16,19,21-22,27H,9-10,12-13,17H2. The number of carbonyl (C=O) groups is 2.